The number of ether oxygens (including phenoxy) is 1. The summed E-state index contributed by atoms with van der Waals surface area (Å²) in [5.41, 5.74) is -0.0579. The van der Waals surface area contributed by atoms with Gasteiger partial charge in [0.05, 0.1) is 6.20 Å². The van der Waals surface area contributed by atoms with Crippen LogP contribution in [0, 0.1) is 11.6 Å². The van der Waals surface area contributed by atoms with Gasteiger partial charge in [0.15, 0.2) is 0 Å². The number of pyridine rings is 1. The average Bonchev–Trinajstić information content (AvgIpc) is 2.96. The maximum Gasteiger partial charge on any atom is 0.316 e. The summed E-state index contributed by atoms with van der Waals surface area (Å²) in [5.74, 6) is -1.44. The first-order valence-corrected chi connectivity index (χ1v) is 9.66. The summed E-state index contributed by atoms with van der Waals surface area (Å²) in [6.45, 7) is 0. The molecule has 2 aliphatic heterocycles. The maximum absolute atomic E-state index is 13.7. The van der Waals surface area contributed by atoms with Crippen molar-refractivity contribution in [3.8, 4) is 11.6 Å². The predicted molar refractivity (Wildman–Crippen MR) is 101 cm³/mol. The molecule has 1 aromatic heterocycles. The number of hydrogen-bond acceptors (Lipinski definition) is 4. The van der Waals surface area contributed by atoms with Crippen molar-refractivity contribution in [2.24, 2.45) is 0 Å². The SMILES string of the molecule is O=C(NC1CC2CCC(C1)N2C(=O)Cl)c1cc(F)cnc1Oc1ccc(F)cc1. The van der Waals surface area contributed by atoms with Crippen molar-refractivity contribution in [3.05, 3.63) is 53.7 Å². The van der Waals surface area contributed by atoms with Gasteiger partial charge < -0.3 is 15.0 Å². The Morgan fingerprint density at radius 1 is 1.10 bits per heavy atom. The van der Waals surface area contributed by atoms with Crippen molar-refractivity contribution in [3.63, 3.8) is 0 Å². The number of piperidine rings is 1. The van der Waals surface area contributed by atoms with E-state index in [0.717, 1.165) is 25.1 Å². The standard InChI is InChI=1S/C20H18ClF2N3O3/c21-20(28)26-14-3-4-15(26)9-13(8-14)25-18(27)17-7-12(23)10-24-19(17)29-16-5-1-11(22)2-6-16/h1-2,5-7,10,13-15H,3-4,8-9H2,(H,25,27). The molecule has 2 bridgehead atoms. The molecule has 2 aromatic rings. The van der Waals surface area contributed by atoms with Crippen LogP contribution in [0.15, 0.2) is 36.5 Å². The van der Waals surface area contributed by atoms with E-state index >= 15 is 0 Å². The van der Waals surface area contributed by atoms with Gasteiger partial charge >= 0.3 is 5.37 Å². The van der Waals surface area contributed by atoms with Crippen LogP contribution < -0.4 is 10.1 Å². The smallest absolute Gasteiger partial charge is 0.316 e. The molecule has 2 amide bonds. The number of fused-ring (bicyclic) bond motifs is 2. The molecule has 3 heterocycles. The van der Waals surface area contributed by atoms with Crippen LogP contribution in [0.5, 0.6) is 11.6 Å². The lowest BCUT2D eigenvalue weighted by Crippen LogP contribution is -2.51. The number of carbonyl (C=O) groups is 2. The molecule has 4 rings (SSSR count). The van der Waals surface area contributed by atoms with Gasteiger partial charge in [-0.15, -0.1) is 0 Å². The molecule has 1 N–H and O–H groups in total. The van der Waals surface area contributed by atoms with Crippen LogP contribution in [-0.4, -0.2) is 39.3 Å². The molecular weight excluding hydrogens is 404 g/mol. The van der Waals surface area contributed by atoms with Crippen molar-refractivity contribution in [1.82, 2.24) is 15.2 Å². The van der Waals surface area contributed by atoms with Gasteiger partial charge in [0.25, 0.3) is 5.91 Å². The fraction of sp³-hybridized carbons (Fsp3) is 0.350. The number of nitrogens with zero attached hydrogens (tertiary/aromatic N) is 2. The van der Waals surface area contributed by atoms with E-state index in [4.69, 9.17) is 16.3 Å². The lowest BCUT2D eigenvalue weighted by molar-refractivity contribution is 0.0892. The molecular formula is C20H18ClF2N3O3. The van der Waals surface area contributed by atoms with Gasteiger partial charge in [-0.1, -0.05) is 0 Å². The molecule has 0 spiro atoms. The van der Waals surface area contributed by atoms with Crippen molar-refractivity contribution < 1.29 is 23.1 Å². The monoisotopic (exact) mass is 421 g/mol. The van der Waals surface area contributed by atoms with Gasteiger partial charge in [0.2, 0.25) is 5.88 Å². The van der Waals surface area contributed by atoms with Crippen molar-refractivity contribution in [1.29, 1.82) is 0 Å². The molecule has 2 unspecified atom stereocenters. The van der Waals surface area contributed by atoms with Gasteiger partial charge in [-0.25, -0.2) is 13.8 Å². The Morgan fingerprint density at radius 2 is 1.76 bits per heavy atom. The molecule has 2 fully saturated rings. The van der Waals surface area contributed by atoms with E-state index in [0.29, 0.717) is 12.8 Å². The Hall–Kier alpha value is -2.74. The first kappa shape index (κ1) is 19.6. The normalized spacial score (nSPS) is 23.0. The third-order valence-electron chi connectivity index (χ3n) is 5.36. The highest BCUT2D eigenvalue weighted by atomic mass is 35.5. The second-order valence-electron chi connectivity index (χ2n) is 7.25. The van der Waals surface area contributed by atoms with Crippen LogP contribution in [0.25, 0.3) is 0 Å². The largest absolute Gasteiger partial charge is 0.438 e. The van der Waals surface area contributed by atoms with E-state index in [1.54, 1.807) is 4.90 Å². The number of nitrogens with one attached hydrogen (secondary N) is 1. The number of aromatic nitrogens is 1. The first-order chi connectivity index (χ1) is 13.9. The molecule has 0 radical (unpaired) electrons. The number of rotatable bonds is 4. The zero-order valence-corrected chi connectivity index (χ0v) is 16.0. The molecule has 152 valence electrons. The minimum atomic E-state index is -0.677. The summed E-state index contributed by atoms with van der Waals surface area (Å²) in [6, 6.07) is 6.05. The second kappa shape index (κ2) is 7.94. The van der Waals surface area contributed by atoms with E-state index in [9.17, 15) is 18.4 Å². The highest BCUT2D eigenvalue weighted by Crippen LogP contribution is 2.37. The van der Waals surface area contributed by atoms with E-state index in [1.807, 2.05) is 0 Å². The van der Waals surface area contributed by atoms with E-state index in [1.165, 1.54) is 24.3 Å². The van der Waals surface area contributed by atoms with Crippen LogP contribution >= 0.6 is 11.6 Å². The fourth-order valence-electron chi connectivity index (χ4n) is 4.13. The van der Waals surface area contributed by atoms with Crippen molar-refractivity contribution >= 4 is 22.9 Å². The molecule has 0 saturated carbocycles. The Bertz CT molecular complexity index is 927. The summed E-state index contributed by atoms with van der Waals surface area (Å²) in [4.78, 5) is 30.0. The molecule has 1 aromatic carbocycles. The number of carbonyl (C=O) groups excluding carboxylic acids is 2. The molecule has 6 nitrogen and oxygen atoms in total. The number of hydrogen-bond donors (Lipinski definition) is 1. The summed E-state index contributed by atoms with van der Waals surface area (Å²) < 4.78 is 32.4. The zero-order chi connectivity index (χ0) is 20.5. The van der Waals surface area contributed by atoms with Crippen molar-refractivity contribution in [2.45, 2.75) is 43.8 Å². The maximum atomic E-state index is 13.7. The Morgan fingerprint density at radius 3 is 2.38 bits per heavy atom. The molecule has 2 saturated heterocycles. The zero-order valence-electron chi connectivity index (χ0n) is 15.3. The number of halogens is 3. The number of amides is 2. The van der Waals surface area contributed by atoms with Crippen LogP contribution in [0.4, 0.5) is 13.6 Å². The summed E-state index contributed by atoms with van der Waals surface area (Å²) >= 11 is 5.67. The second-order valence-corrected chi connectivity index (χ2v) is 7.57. The van der Waals surface area contributed by atoms with Crippen LogP contribution in [0.3, 0.4) is 0 Å². The highest BCUT2D eigenvalue weighted by molar-refractivity contribution is 6.62. The topological polar surface area (TPSA) is 71.5 Å². The van der Waals surface area contributed by atoms with Crippen LogP contribution in [0.2, 0.25) is 0 Å². The highest BCUT2D eigenvalue weighted by Gasteiger charge is 2.43. The number of benzene rings is 1. The minimum absolute atomic E-state index is 0.00961. The molecule has 9 heteroatoms. The summed E-state index contributed by atoms with van der Waals surface area (Å²) in [6.07, 6.45) is 3.79. The molecule has 2 atom stereocenters. The molecule has 2 aliphatic rings. The molecule has 29 heavy (non-hydrogen) atoms. The van der Waals surface area contributed by atoms with Gasteiger partial charge in [-0.2, -0.15) is 0 Å². The van der Waals surface area contributed by atoms with E-state index in [-0.39, 0.29) is 35.3 Å². The average molecular weight is 422 g/mol. The van der Waals surface area contributed by atoms with Gasteiger partial charge in [-0.05, 0) is 67.6 Å². The van der Waals surface area contributed by atoms with Crippen LogP contribution in [-0.2, 0) is 0 Å². The first-order valence-electron chi connectivity index (χ1n) is 9.28. The van der Waals surface area contributed by atoms with Crippen molar-refractivity contribution in [2.75, 3.05) is 0 Å². The lowest BCUT2D eigenvalue weighted by Gasteiger charge is -2.37. The fourth-order valence-corrected chi connectivity index (χ4v) is 4.41. The Balaban J connectivity index is 1.49. The van der Waals surface area contributed by atoms with Gasteiger partial charge in [-0.3, -0.25) is 9.59 Å². The van der Waals surface area contributed by atoms with Gasteiger partial charge in [0.1, 0.15) is 22.9 Å². The van der Waals surface area contributed by atoms with Gasteiger partial charge in [0, 0.05) is 18.1 Å². The summed E-state index contributed by atoms with van der Waals surface area (Å²) in [7, 11) is 0. The third-order valence-corrected chi connectivity index (χ3v) is 5.56. The summed E-state index contributed by atoms with van der Waals surface area (Å²) in [5, 5.41) is 2.43. The molecule has 0 aliphatic carbocycles. The van der Waals surface area contributed by atoms with E-state index in [2.05, 4.69) is 10.3 Å². The Labute approximate surface area is 170 Å². The quantitative estimate of drug-likeness (QED) is 0.592. The lowest BCUT2D eigenvalue weighted by atomic mass is 9.97. The predicted octanol–water partition coefficient (Wildman–Crippen LogP) is 4.24. The Kier molecular flexibility index (Phi) is 5.36. The van der Waals surface area contributed by atoms with E-state index < -0.39 is 22.9 Å². The third kappa shape index (κ3) is 4.17. The van der Waals surface area contributed by atoms with Crippen LogP contribution in [0.1, 0.15) is 36.0 Å². The minimum Gasteiger partial charge on any atom is -0.438 e.